The summed E-state index contributed by atoms with van der Waals surface area (Å²) < 4.78 is 0. The van der Waals surface area contributed by atoms with Crippen molar-refractivity contribution in [2.24, 2.45) is 10.9 Å². The lowest BCUT2D eigenvalue weighted by molar-refractivity contribution is 0.181. The molecule has 2 unspecified atom stereocenters. The van der Waals surface area contributed by atoms with Crippen molar-refractivity contribution >= 4 is 35.6 Å². The Labute approximate surface area is 201 Å². The highest BCUT2D eigenvalue weighted by atomic mass is 127. The topological polar surface area (TPSA) is 42.9 Å². The van der Waals surface area contributed by atoms with Crippen molar-refractivity contribution in [1.29, 1.82) is 0 Å². The maximum absolute atomic E-state index is 4.42. The molecule has 170 valence electrons. The van der Waals surface area contributed by atoms with Crippen LogP contribution in [0.15, 0.2) is 29.3 Å². The number of unbranched alkanes of at least 4 members (excludes halogenated alkanes) is 1. The number of anilines is 1. The molecule has 30 heavy (non-hydrogen) atoms. The van der Waals surface area contributed by atoms with Gasteiger partial charge < -0.3 is 20.4 Å². The molecular formula is C24H42IN5. The third kappa shape index (κ3) is 7.91. The van der Waals surface area contributed by atoms with Crippen molar-refractivity contribution in [2.45, 2.75) is 58.4 Å². The van der Waals surface area contributed by atoms with Gasteiger partial charge in [0.15, 0.2) is 5.96 Å². The monoisotopic (exact) mass is 527 g/mol. The first-order valence-corrected chi connectivity index (χ1v) is 11.7. The fourth-order valence-corrected chi connectivity index (χ4v) is 4.61. The zero-order chi connectivity index (χ0) is 20.5. The number of piperidine rings is 1. The molecule has 0 aromatic heterocycles. The van der Waals surface area contributed by atoms with Gasteiger partial charge in [-0.25, -0.2) is 0 Å². The summed E-state index contributed by atoms with van der Waals surface area (Å²) >= 11 is 0. The fraction of sp³-hybridized carbons (Fsp3) is 0.708. The minimum Gasteiger partial charge on any atom is -0.372 e. The molecule has 0 radical (unpaired) electrons. The number of halogens is 1. The molecule has 1 aromatic rings. The Morgan fingerprint density at radius 2 is 1.97 bits per heavy atom. The van der Waals surface area contributed by atoms with Crippen molar-refractivity contribution in [3.63, 3.8) is 0 Å². The highest BCUT2D eigenvalue weighted by Crippen LogP contribution is 2.24. The smallest absolute Gasteiger partial charge is 0.191 e. The predicted octanol–water partition coefficient (Wildman–Crippen LogP) is 4.64. The normalized spacial score (nSPS) is 21.2. The van der Waals surface area contributed by atoms with Crippen LogP contribution in [0, 0.1) is 5.92 Å². The number of hydrogen-bond donors (Lipinski definition) is 2. The summed E-state index contributed by atoms with van der Waals surface area (Å²) in [5, 5.41) is 7.05. The van der Waals surface area contributed by atoms with Crippen LogP contribution < -0.4 is 15.5 Å². The van der Waals surface area contributed by atoms with Crippen LogP contribution in [0.2, 0.25) is 0 Å². The zero-order valence-corrected chi connectivity index (χ0v) is 21.5. The van der Waals surface area contributed by atoms with Gasteiger partial charge in [0, 0.05) is 38.9 Å². The van der Waals surface area contributed by atoms with Crippen molar-refractivity contribution < 1.29 is 0 Å². The molecule has 2 heterocycles. The van der Waals surface area contributed by atoms with Gasteiger partial charge in [0.2, 0.25) is 0 Å². The van der Waals surface area contributed by atoms with Crippen LogP contribution in [-0.2, 0) is 0 Å². The number of hydrogen-bond acceptors (Lipinski definition) is 3. The average molecular weight is 528 g/mol. The van der Waals surface area contributed by atoms with E-state index in [-0.39, 0.29) is 30.0 Å². The van der Waals surface area contributed by atoms with Gasteiger partial charge in [-0.15, -0.1) is 24.0 Å². The van der Waals surface area contributed by atoms with Crippen LogP contribution >= 0.6 is 24.0 Å². The summed E-state index contributed by atoms with van der Waals surface area (Å²) in [6.07, 6.45) is 7.83. The highest BCUT2D eigenvalue weighted by Gasteiger charge is 2.16. The molecule has 2 aliphatic heterocycles. The van der Waals surface area contributed by atoms with Crippen LogP contribution in [0.1, 0.15) is 64.0 Å². The van der Waals surface area contributed by atoms with Crippen molar-refractivity contribution in [3.05, 3.63) is 29.8 Å². The summed E-state index contributed by atoms with van der Waals surface area (Å²) in [4.78, 5) is 9.55. The SMILES string of the molecule is CN=C(NCCCCN1CCCC(C)C1)NC(C)c1cccc(N2CCCC2)c1.I. The van der Waals surface area contributed by atoms with Gasteiger partial charge in [0.1, 0.15) is 0 Å². The van der Waals surface area contributed by atoms with E-state index in [2.05, 4.69) is 63.5 Å². The van der Waals surface area contributed by atoms with E-state index in [1.54, 1.807) is 0 Å². The first kappa shape index (κ1) is 25.2. The maximum atomic E-state index is 4.42. The first-order valence-electron chi connectivity index (χ1n) is 11.7. The summed E-state index contributed by atoms with van der Waals surface area (Å²) in [7, 11) is 1.86. The van der Waals surface area contributed by atoms with Crippen LogP contribution in [0.5, 0.6) is 0 Å². The van der Waals surface area contributed by atoms with Gasteiger partial charge in [-0.3, -0.25) is 4.99 Å². The molecule has 2 saturated heterocycles. The summed E-state index contributed by atoms with van der Waals surface area (Å²) in [5.41, 5.74) is 2.67. The van der Waals surface area contributed by atoms with Gasteiger partial charge in [-0.2, -0.15) is 0 Å². The minimum atomic E-state index is 0. The Morgan fingerprint density at radius 1 is 1.17 bits per heavy atom. The van der Waals surface area contributed by atoms with E-state index in [1.165, 1.54) is 82.5 Å². The largest absolute Gasteiger partial charge is 0.372 e. The summed E-state index contributed by atoms with van der Waals surface area (Å²) in [6.45, 7) is 11.7. The molecular weight excluding hydrogens is 485 g/mol. The molecule has 2 aliphatic rings. The predicted molar refractivity (Wildman–Crippen MR) is 140 cm³/mol. The molecule has 0 spiro atoms. The number of nitrogens with zero attached hydrogens (tertiary/aromatic N) is 3. The van der Waals surface area contributed by atoms with E-state index in [1.807, 2.05) is 7.05 Å². The number of nitrogens with one attached hydrogen (secondary N) is 2. The van der Waals surface area contributed by atoms with Crippen LogP contribution in [0.4, 0.5) is 5.69 Å². The number of likely N-dealkylation sites (tertiary alicyclic amines) is 1. The second kappa shape index (κ2) is 13.4. The van der Waals surface area contributed by atoms with Gasteiger partial charge in [0.05, 0.1) is 6.04 Å². The molecule has 2 atom stereocenters. The summed E-state index contributed by atoms with van der Waals surface area (Å²) in [6, 6.07) is 9.19. The van der Waals surface area contributed by atoms with E-state index in [0.29, 0.717) is 0 Å². The van der Waals surface area contributed by atoms with Crippen LogP contribution in [0.25, 0.3) is 0 Å². The molecule has 2 fully saturated rings. The molecule has 1 aromatic carbocycles. The lowest BCUT2D eigenvalue weighted by Gasteiger charge is -2.30. The summed E-state index contributed by atoms with van der Waals surface area (Å²) in [5.74, 6) is 1.77. The third-order valence-electron chi connectivity index (χ3n) is 6.35. The number of aliphatic imine (C=N–C) groups is 1. The van der Waals surface area contributed by atoms with Crippen molar-refractivity contribution in [1.82, 2.24) is 15.5 Å². The molecule has 0 saturated carbocycles. The van der Waals surface area contributed by atoms with Gasteiger partial charge >= 0.3 is 0 Å². The van der Waals surface area contributed by atoms with Crippen molar-refractivity contribution in [2.75, 3.05) is 51.2 Å². The minimum absolute atomic E-state index is 0. The molecule has 3 rings (SSSR count). The Bertz CT molecular complexity index is 644. The number of rotatable bonds is 8. The molecule has 5 nitrogen and oxygen atoms in total. The van der Waals surface area contributed by atoms with Gasteiger partial charge in [-0.05, 0) is 82.2 Å². The Balaban J connectivity index is 0.00000320. The van der Waals surface area contributed by atoms with Crippen LogP contribution in [0.3, 0.4) is 0 Å². The average Bonchev–Trinajstić information content (AvgIpc) is 3.27. The zero-order valence-electron chi connectivity index (χ0n) is 19.2. The van der Waals surface area contributed by atoms with E-state index in [0.717, 1.165) is 18.4 Å². The quantitative estimate of drug-likeness (QED) is 0.224. The molecule has 0 bridgehead atoms. The lowest BCUT2D eigenvalue weighted by Crippen LogP contribution is -2.39. The Kier molecular flexibility index (Phi) is 11.3. The second-order valence-corrected chi connectivity index (χ2v) is 8.91. The molecule has 2 N–H and O–H groups in total. The fourth-order valence-electron chi connectivity index (χ4n) is 4.61. The standard InChI is InChI=1S/C24H41N5.HI/c1-20-10-9-15-28(19-20)14-5-4-13-26-24(25-3)27-21(2)22-11-8-12-23(18-22)29-16-6-7-17-29;/h8,11-12,18,20-21H,4-7,9-10,13-17,19H2,1-3H3,(H2,25,26,27);1H. The first-order chi connectivity index (χ1) is 14.2. The Hall–Kier alpha value is -1.02. The molecule has 0 amide bonds. The third-order valence-corrected chi connectivity index (χ3v) is 6.35. The van der Waals surface area contributed by atoms with Crippen molar-refractivity contribution in [3.8, 4) is 0 Å². The van der Waals surface area contributed by atoms with E-state index in [9.17, 15) is 0 Å². The van der Waals surface area contributed by atoms with Gasteiger partial charge in [-0.1, -0.05) is 19.1 Å². The van der Waals surface area contributed by atoms with E-state index < -0.39 is 0 Å². The van der Waals surface area contributed by atoms with Crippen LogP contribution in [-0.4, -0.2) is 57.2 Å². The lowest BCUT2D eigenvalue weighted by atomic mass is 10.0. The maximum Gasteiger partial charge on any atom is 0.191 e. The number of benzene rings is 1. The van der Waals surface area contributed by atoms with E-state index >= 15 is 0 Å². The Morgan fingerprint density at radius 3 is 2.70 bits per heavy atom. The second-order valence-electron chi connectivity index (χ2n) is 8.91. The molecule has 0 aliphatic carbocycles. The van der Waals surface area contributed by atoms with E-state index in [4.69, 9.17) is 0 Å². The number of guanidine groups is 1. The molecule has 6 heteroatoms. The van der Waals surface area contributed by atoms with Gasteiger partial charge in [0.25, 0.3) is 0 Å². The highest BCUT2D eigenvalue weighted by molar-refractivity contribution is 14.0.